The summed E-state index contributed by atoms with van der Waals surface area (Å²) in [4.78, 5) is 0. The van der Waals surface area contributed by atoms with E-state index >= 15 is 0 Å². The molecule has 124 valence electrons. The summed E-state index contributed by atoms with van der Waals surface area (Å²) in [6.07, 6.45) is 6.09. The third kappa shape index (κ3) is 8.53. The number of unbranched alkanes of at least 4 members (excludes halogenated alkanes) is 1. The van der Waals surface area contributed by atoms with Gasteiger partial charge in [-0.25, -0.2) is 0 Å². The molecule has 0 bridgehead atoms. The van der Waals surface area contributed by atoms with E-state index in [1.165, 1.54) is 43.2 Å². The van der Waals surface area contributed by atoms with Crippen molar-refractivity contribution in [1.82, 2.24) is 10.6 Å². The summed E-state index contributed by atoms with van der Waals surface area (Å²) in [7, 11) is 0. The summed E-state index contributed by atoms with van der Waals surface area (Å²) in [5.41, 5.74) is 2.89. The van der Waals surface area contributed by atoms with Crippen molar-refractivity contribution in [2.75, 3.05) is 26.2 Å². The lowest BCUT2D eigenvalue weighted by Crippen LogP contribution is -2.28. The molecule has 0 aromatic heterocycles. The van der Waals surface area contributed by atoms with Crippen LogP contribution in [-0.4, -0.2) is 26.2 Å². The summed E-state index contributed by atoms with van der Waals surface area (Å²) in [5, 5.41) is 7.03. The Balaban J connectivity index is 1.34. The van der Waals surface area contributed by atoms with Crippen LogP contribution >= 0.6 is 0 Å². The van der Waals surface area contributed by atoms with Crippen LogP contribution in [0.25, 0.3) is 0 Å². The second-order valence-electron chi connectivity index (χ2n) is 6.03. The van der Waals surface area contributed by atoms with Crippen molar-refractivity contribution in [1.29, 1.82) is 0 Å². The minimum absolute atomic E-state index is 1.06. The maximum absolute atomic E-state index is 3.52. The number of hydrogen-bond acceptors (Lipinski definition) is 2. The van der Waals surface area contributed by atoms with Crippen LogP contribution in [0.2, 0.25) is 0 Å². The molecule has 0 fully saturated rings. The van der Waals surface area contributed by atoms with Crippen molar-refractivity contribution >= 4 is 0 Å². The molecule has 2 rings (SSSR count). The Morgan fingerprint density at radius 3 is 1.52 bits per heavy atom. The summed E-state index contributed by atoms with van der Waals surface area (Å²) in [5.74, 6) is 0. The molecule has 2 nitrogen and oxygen atoms in total. The molecule has 0 aliphatic rings. The van der Waals surface area contributed by atoms with Crippen LogP contribution in [0, 0.1) is 0 Å². The standard InChI is InChI=1S/C21H30N2/c1-3-10-20(11-4-1)14-7-8-16-22-18-19-23-17-9-15-21-12-5-2-6-13-21/h1-6,10-13,22-23H,7-9,14-19H2. The highest BCUT2D eigenvalue weighted by Crippen LogP contribution is 2.03. The van der Waals surface area contributed by atoms with E-state index in [4.69, 9.17) is 0 Å². The van der Waals surface area contributed by atoms with Gasteiger partial charge in [0.05, 0.1) is 0 Å². The average molecular weight is 310 g/mol. The Morgan fingerprint density at radius 2 is 0.957 bits per heavy atom. The van der Waals surface area contributed by atoms with Crippen molar-refractivity contribution in [3.05, 3.63) is 71.8 Å². The van der Waals surface area contributed by atoms with Gasteiger partial charge in [-0.1, -0.05) is 60.7 Å². The Kier molecular flexibility index (Phi) is 9.14. The molecule has 2 aromatic rings. The van der Waals surface area contributed by atoms with E-state index in [-0.39, 0.29) is 0 Å². The van der Waals surface area contributed by atoms with Crippen molar-refractivity contribution in [3.63, 3.8) is 0 Å². The Morgan fingerprint density at radius 1 is 0.478 bits per heavy atom. The fourth-order valence-electron chi connectivity index (χ4n) is 2.71. The summed E-state index contributed by atoms with van der Waals surface area (Å²) in [6.45, 7) is 4.35. The van der Waals surface area contributed by atoms with E-state index in [1.807, 2.05) is 0 Å². The molecule has 0 atom stereocenters. The first kappa shape index (κ1) is 17.7. The molecule has 0 heterocycles. The Bertz CT molecular complexity index is 448. The van der Waals surface area contributed by atoms with Crippen LogP contribution in [0.5, 0.6) is 0 Å². The summed E-state index contributed by atoms with van der Waals surface area (Å²) < 4.78 is 0. The van der Waals surface area contributed by atoms with Gasteiger partial charge in [0.1, 0.15) is 0 Å². The second-order valence-corrected chi connectivity index (χ2v) is 6.03. The van der Waals surface area contributed by atoms with Gasteiger partial charge in [0.15, 0.2) is 0 Å². The van der Waals surface area contributed by atoms with Gasteiger partial charge in [-0.05, 0) is 56.3 Å². The normalized spacial score (nSPS) is 10.8. The van der Waals surface area contributed by atoms with Crippen LogP contribution in [0.1, 0.15) is 30.4 Å². The van der Waals surface area contributed by atoms with Gasteiger partial charge in [-0.15, -0.1) is 0 Å². The first-order chi connectivity index (χ1) is 11.4. The van der Waals surface area contributed by atoms with Crippen LogP contribution in [0.4, 0.5) is 0 Å². The quantitative estimate of drug-likeness (QED) is 0.582. The largest absolute Gasteiger partial charge is 0.315 e. The highest BCUT2D eigenvalue weighted by Gasteiger charge is 1.94. The Labute approximate surface area is 141 Å². The van der Waals surface area contributed by atoms with Crippen LogP contribution < -0.4 is 10.6 Å². The monoisotopic (exact) mass is 310 g/mol. The summed E-state index contributed by atoms with van der Waals surface area (Å²) >= 11 is 0. The van der Waals surface area contributed by atoms with Gasteiger partial charge in [0.25, 0.3) is 0 Å². The predicted molar refractivity (Wildman–Crippen MR) is 99.9 cm³/mol. The fourth-order valence-corrected chi connectivity index (χ4v) is 2.71. The van der Waals surface area contributed by atoms with Crippen molar-refractivity contribution in [2.24, 2.45) is 0 Å². The molecule has 0 aliphatic heterocycles. The molecule has 0 unspecified atom stereocenters. The molecule has 0 saturated carbocycles. The van der Waals surface area contributed by atoms with E-state index < -0.39 is 0 Å². The lowest BCUT2D eigenvalue weighted by atomic mass is 10.1. The van der Waals surface area contributed by atoms with Gasteiger partial charge in [-0.3, -0.25) is 0 Å². The Hall–Kier alpha value is -1.64. The molecular formula is C21H30N2. The van der Waals surface area contributed by atoms with E-state index in [0.29, 0.717) is 0 Å². The minimum atomic E-state index is 1.06. The smallest absolute Gasteiger partial charge is 0.00767 e. The molecule has 2 N–H and O–H groups in total. The number of aryl methyl sites for hydroxylation is 2. The van der Waals surface area contributed by atoms with Gasteiger partial charge < -0.3 is 10.6 Å². The molecule has 2 aromatic carbocycles. The van der Waals surface area contributed by atoms with Crippen molar-refractivity contribution < 1.29 is 0 Å². The fraction of sp³-hybridized carbons (Fsp3) is 0.429. The van der Waals surface area contributed by atoms with Gasteiger partial charge in [0, 0.05) is 13.1 Å². The molecular weight excluding hydrogens is 280 g/mol. The highest BCUT2D eigenvalue weighted by molar-refractivity contribution is 5.15. The van der Waals surface area contributed by atoms with Gasteiger partial charge in [-0.2, -0.15) is 0 Å². The molecule has 0 amide bonds. The van der Waals surface area contributed by atoms with E-state index in [1.54, 1.807) is 0 Å². The minimum Gasteiger partial charge on any atom is -0.315 e. The number of rotatable bonds is 12. The van der Waals surface area contributed by atoms with Crippen molar-refractivity contribution in [3.8, 4) is 0 Å². The molecule has 0 radical (unpaired) electrons. The molecule has 0 spiro atoms. The van der Waals surface area contributed by atoms with Crippen LogP contribution in [0.3, 0.4) is 0 Å². The van der Waals surface area contributed by atoms with Gasteiger partial charge >= 0.3 is 0 Å². The van der Waals surface area contributed by atoms with Crippen LogP contribution in [0.15, 0.2) is 60.7 Å². The van der Waals surface area contributed by atoms with E-state index in [2.05, 4.69) is 71.3 Å². The van der Waals surface area contributed by atoms with E-state index in [9.17, 15) is 0 Å². The zero-order chi connectivity index (χ0) is 16.0. The maximum Gasteiger partial charge on any atom is 0.00767 e. The number of nitrogens with one attached hydrogen (secondary N) is 2. The molecule has 0 aliphatic carbocycles. The SMILES string of the molecule is c1ccc(CCCCNCCNCCCc2ccccc2)cc1. The average Bonchev–Trinajstić information content (AvgIpc) is 2.61. The summed E-state index contributed by atoms with van der Waals surface area (Å²) in [6, 6.07) is 21.5. The van der Waals surface area contributed by atoms with Gasteiger partial charge in [0.2, 0.25) is 0 Å². The first-order valence-electron chi connectivity index (χ1n) is 8.94. The highest BCUT2D eigenvalue weighted by atomic mass is 14.9. The predicted octanol–water partition coefficient (Wildman–Crippen LogP) is 3.82. The molecule has 2 heteroatoms. The second kappa shape index (κ2) is 11.9. The third-order valence-electron chi connectivity index (χ3n) is 4.05. The maximum atomic E-state index is 3.52. The zero-order valence-corrected chi connectivity index (χ0v) is 14.1. The third-order valence-corrected chi connectivity index (χ3v) is 4.05. The lowest BCUT2D eigenvalue weighted by Gasteiger charge is -2.07. The van der Waals surface area contributed by atoms with Crippen molar-refractivity contribution in [2.45, 2.75) is 32.1 Å². The number of hydrogen-bond donors (Lipinski definition) is 2. The lowest BCUT2D eigenvalue weighted by molar-refractivity contribution is 0.576. The van der Waals surface area contributed by atoms with E-state index in [0.717, 1.165) is 26.2 Å². The number of benzene rings is 2. The van der Waals surface area contributed by atoms with Crippen LogP contribution in [-0.2, 0) is 12.8 Å². The molecule has 23 heavy (non-hydrogen) atoms. The zero-order valence-electron chi connectivity index (χ0n) is 14.1. The first-order valence-corrected chi connectivity index (χ1v) is 8.94. The molecule has 0 saturated heterocycles. The topological polar surface area (TPSA) is 24.1 Å².